The van der Waals surface area contributed by atoms with Gasteiger partial charge in [0, 0.05) is 6.42 Å². The maximum Gasteiger partial charge on any atom is 0.268 e. The number of carbonyl (C=O) groups excluding carboxylic acids is 1. The van der Waals surface area contributed by atoms with Crippen LogP contribution in [0.5, 0.6) is 0 Å². The number of nitrogens with one attached hydrogen (secondary N) is 1. The highest BCUT2D eigenvalue weighted by molar-refractivity contribution is 7.45. The van der Waals surface area contributed by atoms with Crippen LogP contribution in [0.1, 0.15) is 271 Å². The Kier molecular flexibility index (Phi) is 53.7. The van der Waals surface area contributed by atoms with Gasteiger partial charge in [-0.3, -0.25) is 9.36 Å². The molecule has 0 saturated heterocycles. The van der Waals surface area contributed by atoms with Gasteiger partial charge in [0.05, 0.1) is 39.9 Å². The molecule has 0 spiro atoms. The molecule has 0 aliphatic rings. The van der Waals surface area contributed by atoms with Gasteiger partial charge in [0.25, 0.3) is 7.82 Å². The lowest BCUT2D eigenvalue weighted by atomic mass is 10.0. The number of aliphatic hydroxyl groups is 1. The number of amides is 1. The Bertz CT molecular complexity index is 1480. The predicted molar refractivity (Wildman–Crippen MR) is 320 cm³/mol. The summed E-state index contributed by atoms with van der Waals surface area (Å²) in [5.41, 5.74) is 0. The van der Waals surface area contributed by atoms with Crippen LogP contribution in [-0.4, -0.2) is 68.5 Å². The smallest absolute Gasteiger partial charge is 0.268 e. The number of rotatable bonds is 56. The maximum absolute atomic E-state index is 13.0. The van der Waals surface area contributed by atoms with Crippen LogP contribution in [0.3, 0.4) is 0 Å². The summed E-state index contributed by atoms with van der Waals surface area (Å²) >= 11 is 0. The zero-order valence-corrected chi connectivity index (χ0v) is 49.9. The van der Waals surface area contributed by atoms with Crippen molar-refractivity contribution in [2.45, 2.75) is 283 Å². The monoisotopic (exact) mass is 1050 g/mol. The number of hydrogen-bond donors (Lipinski definition) is 2. The van der Waals surface area contributed by atoms with Crippen molar-refractivity contribution in [3.8, 4) is 0 Å². The van der Waals surface area contributed by atoms with E-state index in [1.165, 1.54) is 161 Å². The first-order valence-corrected chi connectivity index (χ1v) is 32.4. The zero-order valence-electron chi connectivity index (χ0n) is 49.0. The summed E-state index contributed by atoms with van der Waals surface area (Å²) < 4.78 is 23.5. The molecule has 0 aliphatic heterocycles. The second-order valence-corrected chi connectivity index (χ2v) is 23.4. The Morgan fingerprint density at radius 2 is 0.824 bits per heavy atom. The third kappa shape index (κ3) is 57.4. The summed E-state index contributed by atoms with van der Waals surface area (Å²) in [6.45, 7) is 4.62. The standard InChI is InChI=1S/C65H119N2O6P/c1-6-8-10-12-14-16-18-20-22-24-26-27-28-29-30-31-32-33-34-35-36-37-38-39-41-43-45-47-49-51-53-55-57-59-65(69)66-63(62-73-74(70,71)72-61-60-67(3,4)5)64(68)58-56-54-52-50-48-46-44-42-40-25-23-21-19-17-15-13-11-9-7-2/h8,10,14,16,20,22,26-27,29-30,32-33,35-36,63-64,68H,6-7,9,11-13,15,17-19,21,23-25,28,31,34,37-62H2,1-5H3,(H-,66,69,70,71)/b10-8-,16-14-,22-20-,27-26-,30-29-,33-32-,36-35-. The SMILES string of the molecule is CC/C=C\C/C=C\C/C=C\C/C=C\C/C=C\C/C=C\C/C=C\CCCCCCCCCCCCCC(=O)NC(COP(=O)([O-])OCC[N+](C)(C)C)C(O)CCCCCCCCCCCCCCCCCCCCC. The average molecular weight is 1060 g/mol. The summed E-state index contributed by atoms with van der Waals surface area (Å²) in [7, 11) is 1.30. The molecule has 0 aromatic heterocycles. The summed E-state index contributed by atoms with van der Waals surface area (Å²) in [5.74, 6) is -0.169. The van der Waals surface area contributed by atoms with Gasteiger partial charge >= 0.3 is 0 Å². The van der Waals surface area contributed by atoms with Crippen molar-refractivity contribution in [3.05, 3.63) is 85.1 Å². The molecular weight excluding hydrogens is 936 g/mol. The van der Waals surface area contributed by atoms with Crippen molar-refractivity contribution >= 4 is 13.7 Å². The number of nitrogens with zero attached hydrogens (tertiary/aromatic N) is 1. The second kappa shape index (κ2) is 55.4. The zero-order chi connectivity index (χ0) is 54.2. The average Bonchev–Trinajstić information content (AvgIpc) is 3.36. The van der Waals surface area contributed by atoms with E-state index in [9.17, 15) is 19.4 Å². The van der Waals surface area contributed by atoms with Crippen LogP contribution >= 0.6 is 7.82 Å². The molecule has 0 aromatic carbocycles. The molecule has 0 fully saturated rings. The molecule has 0 rings (SSSR count). The number of quaternary nitrogens is 1. The number of aliphatic hydroxyl groups excluding tert-OH is 1. The first kappa shape index (κ1) is 71.7. The summed E-state index contributed by atoms with van der Waals surface area (Å²) in [5, 5.41) is 14.0. The minimum atomic E-state index is -4.58. The molecule has 2 N–H and O–H groups in total. The first-order chi connectivity index (χ1) is 36.0. The molecule has 0 saturated carbocycles. The maximum atomic E-state index is 13.0. The second-order valence-electron chi connectivity index (χ2n) is 22.0. The number of unbranched alkanes of at least 4 members (excludes halogenated alkanes) is 29. The van der Waals surface area contributed by atoms with E-state index in [0.29, 0.717) is 23.9 Å². The van der Waals surface area contributed by atoms with Crippen LogP contribution in [0.2, 0.25) is 0 Å². The van der Waals surface area contributed by atoms with Gasteiger partial charge in [0.2, 0.25) is 5.91 Å². The molecule has 0 heterocycles. The van der Waals surface area contributed by atoms with E-state index in [0.717, 1.165) is 83.5 Å². The van der Waals surface area contributed by atoms with Gasteiger partial charge in [-0.2, -0.15) is 0 Å². The van der Waals surface area contributed by atoms with Crippen LogP contribution in [0.15, 0.2) is 85.1 Å². The van der Waals surface area contributed by atoms with E-state index in [-0.39, 0.29) is 19.1 Å². The number of phosphoric acid groups is 1. The first-order valence-electron chi connectivity index (χ1n) is 30.9. The third-order valence-electron chi connectivity index (χ3n) is 13.6. The molecule has 430 valence electrons. The molecule has 9 heteroatoms. The van der Waals surface area contributed by atoms with Gasteiger partial charge < -0.3 is 28.8 Å². The lowest BCUT2D eigenvalue weighted by Gasteiger charge is -2.30. The van der Waals surface area contributed by atoms with Gasteiger partial charge in [-0.15, -0.1) is 0 Å². The van der Waals surface area contributed by atoms with Crippen molar-refractivity contribution in [2.75, 3.05) is 40.9 Å². The van der Waals surface area contributed by atoms with Crippen LogP contribution < -0.4 is 10.2 Å². The fourth-order valence-electron chi connectivity index (χ4n) is 8.85. The molecule has 74 heavy (non-hydrogen) atoms. The minimum absolute atomic E-state index is 0.00889. The molecule has 3 atom stereocenters. The number of phosphoric ester groups is 1. The van der Waals surface area contributed by atoms with E-state index in [1.807, 2.05) is 21.1 Å². The quantitative estimate of drug-likeness (QED) is 0.0272. The van der Waals surface area contributed by atoms with Crippen LogP contribution in [0.25, 0.3) is 0 Å². The highest BCUT2D eigenvalue weighted by atomic mass is 31.2. The lowest BCUT2D eigenvalue weighted by molar-refractivity contribution is -0.870. The van der Waals surface area contributed by atoms with Crippen molar-refractivity contribution < 1.29 is 32.9 Å². The van der Waals surface area contributed by atoms with Crippen molar-refractivity contribution in [2.24, 2.45) is 0 Å². The van der Waals surface area contributed by atoms with Gasteiger partial charge in [-0.25, -0.2) is 0 Å². The minimum Gasteiger partial charge on any atom is -0.756 e. The Morgan fingerprint density at radius 3 is 1.20 bits per heavy atom. The Balaban J connectivity index is 4.12. The number of allylic oxidation sites excluding steroid dienone is 14. The van der Waals surface area contributed by atoms with Gasteiger partial charge in [0.15, 0.2) is 0 Å². The molecule has 0 aliphatic carbocycles. The number of carbonyl (C=O) groups is 1. The number of likely N-dealkylation sites (N-methyl/N-ethyl adjacent to an activating group) is 1. The molecule has 0 aromatic rings. The molecule has 1 amide bonds. The predicted octanol–water partition coefficient (Wildman–Crippen LogP) is 18.6. The van der Waals surface area contributed by atoms with Crippen LogP contribution in [0.4, 0.5) is 0 Å². The Labute approximate surface area is 458 Å². The van der Waals surface area contributed by atoms with E-state index in [4.69, 9.17) is 9.05 Å². The fraction of sp³-hybridized carbons (Fsp3) is 0.769. The van der Waals surface area contributed by atoms with E-state index in [1.54, 1.807) is 0 Å². The van der Waals surface area contributed by atoms with Crippen molar-refractivity contribution in [3.63, 3.8) is 0 Å². The van der Waals surface area contributed by atoms with E-state index < -0.39 is 20.0 Å². The summed E-state index contributed by atoms with van der Waals surface area (Å²) in [6.07, 6.45) is 77.6. The largest absolute Gasteiger partial charge is 0.756 e. The van der Waals surface area contributed by atoms with Gasteiger partial charge in [-0.1, -0.05) is 279 Å². The molecule has 3 unspecified atom stereocenters. The molecule has 8 nitrogen and oxygen atoms in total. The Morgan fingerprint density at radius 1 is 0.486 bits per heavy atom. The highest BCUT2D eigenvalue weighted by Gasteiger charge is 2.24. The normalized spacial score (nSPS) is 14.4. The molecular formula is C65H119N2O6P. The topological polar surface area (TPSA) is 108 Å². The molecule has 0 radical (unpaired) electrons. The molecule has 0 bridgehead atoms. The van der Waals surface area contributed by atoms with Gasteiger partial charge in [0.1, 0.15) is 13.2 Å². The van der Waals surface area contributed by atoms with Crippen LogP contribution in [0, 0.1) is 0 Å². The van der Waals surface area contributed by atoms with E-state index >= 15 is 0 Å². The van der Waals surface area contributed by atoms with Gasteiger partial charge in [-0.05, 0) is 70.6 Å². The third-order valence-corrected chi connectivity index (χ3v) is 14.6. The summed E-state index contributed by atoms with van der Waals surface area (Å²) in [6, 6.07) is -0.808. The summed E-state index contributed by atoms with van der Waals surface area (Å²) in [4.78, 5) is 25.6. The van der Waals surface area contributed by atoms with Crippen molar-refractivity contribution in [1.82, 2.24) is 5.32 Å². The van der Waals surface area contributed by atoms with E-state index in [2.05, 4.69) is 104 Å². The van der Waals surface area contributed by atoms with Crippen LogP contribution in [-0.2, 0) is 18.4 Å². The lowest BCUT2D eigenvalue weighted by Crippen LogP contribution is -2.46. The number of hydrogen-bond acceptors (Lipinski definition) is 6. The highest BCUT2D eigenvalue weighted by Crippen LogP contribution is 2.38. The van der Waals surface area contributed by atoms with Crippen molar-refractivity contribution in [1.29, 1.82) is 0 Å². The Hall–Kier alpha value is -2.32. The fourth-order valence-corrected chi connectivity index (χ4v) is 9.57.